The van der Waals surface area contributed by atoms with Crippen LogP contribution in [0.1, 0.15) is 26.0 Å². The van der Waals surface area contributed by atoms with E-state index in [0.29, 0.717) is 24.6 Å². The van der Waals surface area contributed by atoms with E-state index in [4.69, 9.17) is 9.84 Å². The zero-order valence-corrected chi connectivity index (χ0v) is 10.5. The molecule has 0 saturated carbocycles. The van der Waals surface area contributed by atoms with Gasteiger partial charge >= 0.3 is 5.97 Å². The molecule has 1 atom stereocenters. The number of hydrogen-bond donors (Lipinski definition) is 1. The van der Waals surface area contributed by atoms with Gasteiger partial charge in [0, 0.05) is 18.2 Å². The third-order valence-electron chi connectivity index (χ3n) is 2.55. The molecule has 4 nitrogen and oxygen atoms in total. The molecule has 1 aromatic rings. The Morgan fingerprint density at radius 2 is 2.18 bits per heavy atom. The Labute approximate surface area is 102 Å². The molecule has 1 unspecified atom stereocenters. The maximum atomic E-state index is 11.1. The Hall–Kier alpha value is -1.58. The lowest BCUT2D eigenvalue weighted by Crippen LogP contribution is -2.19. The van der Waals surface area contributed by atoms with E-state index in [9.17, 15) is 4.79 Å². The van der Waals surface area contributed by atoms with Gasteiger partial charge in [-0.1, -0.05) is 19.9 Å². The smallest absolute Gasteiger partial charge is 0.306 e. The molecule has 0 saturated heterocycles. The standard InChI is InChI=1S/C13H19NO3/c1-9(2)7-10(13(15)16)8-11-5-4-6-12(14-11)17-3/h4-6,9-10H,7-8H2,1-3H3,(H,15,16). The van der Waals surface area contributed by atoms with Crippen LogP contribution >= 0.6 is 0 Å². The Morgan fingerprint density at radius 3 is 2.71 bits per heavy atom. The molecule has 1 rings (SSSR count). The molecule has 17 heavy (non-hydrogen) atoms. The van der Waals surface area contributed by atoms with Crippen LogP contribution in [0.15, 0.2) is 18.2 Å². The van der Waals surface area contributed by atoms with E-state index < -0.39 is 5.97 Å². The van der Waals surface area contributed by atoms with Crippen molar-refractivity contribution in [3.05, 3.63) is 23.9 Å². The third kappa shape index (κ3) is 4.43. The number of aromatic nitrogens is 1. The van der Waals surface area contributed by atoms with Gasteiger partial charge < -0.3 is 9.84 Å². The van der Waals surface area contributed by atoms with Gasteiger partial charge in [-0.25, -0.2) is 4.98 Å². The number of pyridine rings is 1. The molecule has 0 amide bonds. The summed E-state index contributed by atoms with van der Waals surface area (Å²) >= 11 is 0. The van der Waals surface area contributed by atoms with Gasteiger partial charge in [-0.15, -0.1) is 0 Å². The topological polar surface area (TPSA) is 59.4 Å². The van der Waals surface area contributed by atoms with Crippen LogP contribution in [0, 0.1) is 11.8 Å². The summed E-state index contributed by atoms with van der Waals surface area (Å²) in [5.41, 5.74) is 0.761. The first kappa shape index (κ1) is 13.5. The van der Waals surface area contributed by atoms with Gasteiger partial charge in [-0.05, 0) is 18.4 Å². The fourth-order valence-corrected chi connectivity index (χ4v) is 1.78. The average Bonchev–Trinajstić information content (AvgIpc) is 2.27. The summed E-state index contributed by atoms with van der Waals surface area (Å²) in [6, 6.07) is 5.41. The molecule has 1 N–H and O–H groups in total. The van der Waals surface area contributed by atoms with Crippen molar-refractivity contribution in [2.75, 3.05) is 7.11 Å². The van der Waals surface area contributed by atoms with Crippen LogP contribution in [0.3, 0.4) is 0 Å². The van der Waals surface area contributed by atoms with Crippen LogP contribution in [0.25, 0.3) is 0 Å². The first-order valence-electron chi connectivity index (χ1n) is 5.75. The number of carbonyl (C=O) groups is 1. The molecule has 0 bridgehead atoms. The molecule has 4 heteroatoms. The zero-order valence-electron chi connectivity index (χ0n) is 10.5. The van der Waals surface area contributed by atoms with Crippen molar-refractivity contribution in [2.24, 2.45) is 11.8 Å². The molecule has 1 heterocycles. The fourth-order valence-electron chi connectivity index (χ4n) is 1.78. The van der Waals surface area contributed by atoms with Crippen LogP contribution in [0.2, 0.25) is 0 Å². The number of aliphatic carboxylic acids is 1. The molecule has 0 aliphatic carbocycles. The van der Waals surface area contributed by atoms with Crippen molar-refractivity contribution >= 4 is 5.97 Å². The predicted molar refractivity (Wildman–Crippen MR) is 65.1 cm³/mol. The van der Waals surface area contributed by atoms with Crippen molar-refractivity contribution in [1.29, 1.82) is 0 Å². The maximum absolute atomic E-state index is 11.1. The molecular weight excluding hydrogens is 218 g/mol. The number of hydrogen-bond acceptors (Lipinski definition) is 3. The highest BCUT2D eigenvalue weighted by molar-refractivity contribution is 5.70. The lowest BCUT2D eigenvalue weighted by Gasteiger charge is -2.14. The second-order valence-electron chi connectivity index (χ2n) is 4.54. The quantitative estimate of drug-likeness (QED) is 0.825. The number of ether oxygens (including phenoxy) is 1. The van der Waals surface area contributed by atoms with Gasteiger partial charge in [0.25, 0.3) is 0 Å². The van der Waals surface area contributed by atoms with E-state index in [1.54, 1.807) is 13.2 Å². The predicted octanol–water partition coefficient (Wildman–Crippen LogP) is 2.38. The van der Waals surface area contributed by atoms with E-state index >= 15 is 0 Å². The summed E-state index contributed by atoms with van der Waals surface area (Å²) in [6.07, 6.45) is 1.11. The van der Waals surface area contributed by atoms with E-state index in [1.165, 1.54) is 0 Å². The van der Waals surface area contributed by atoms with E-state index in [-0.39, 0.29) is 5.92 Å². The van der Waals surface area contributed by atoms with Crippen molar-refractivity contribution in [3.8, 4) is 5.88 Å². The van der Waals surface area contributed by atoms with E-state index in [1.807, 2.05) is 26.0 Å². The minimum absolute atomic E-state index is 0.363. The normalized spacial score (nSPS) is 12.5. The molecule has 1 aromatic heterocycles. The van der Waals surface area contributed by atoms with Gasteiger partial charge in [0.1, 0.15) is 0 Å². The molecule has 0 spiro atoms. The van der Waals surface area contributed by atoms with Crippen molar-refractivity contribution < 1.29 is 14.6 Å². The average molecular weight is 237 g/mol. The minimum Gasteiger partial charge on any atom is -0.481 e. The summed E-state index contributed by atoms with van der Waals surface area (Å²) in [5.74, 6) is -0.254. The lowest BCUT2D eigenvalue weighted by molar-refractivity contribution is -0.142. The van der Waals surface area contributed by atoms with Crippen molar-refractivity contribution in [1.82, 2.24) is 4.98 Å². The molecular formula is C13H19NO3. The molecule has 0 radical (unpaired) electrons. The van der Waals surface area contributed by atoms with Crippen molar-refractivity contribution in [3.63, 3.8) is 0 Å². The summed E-state index contributed by atoms with van der Waals surface area (Å²) in [6.45, 7) is 4.05. The zero-order chi connectivity index (χ0) is 12.8. The first-order valence-corrected chi connectivity index (χ1v) is 5.75. The molecule has 0 aromatic carbocycles. The van der Waals surface area contributed by atoms with Crippen LogP contribution < -0.4 is 4.74 Å². The highest BCUT2D eigenvalue weighted by Crippen LogP contribution is 2.18. The number of methoxy groups -OCH3 is 1. The number of carboxylic acids is 1. The van der Waals surface area contributed by atoms with Crippen LogP contribution in [0.4, 0.5) is 0 Å². The number of carboxylic acid groups (broad SMARTS) is 1. The first-order chi connectivity index (χ1) is 8.02. The molecule has 0 fully saturated rings. The minimum atomic E-state index is -0.761. The third-order valence-corrected chi connectivity index (χ3v) is 2.55. The fraction of sp³-hybridized carbons (Fsp3) is 0.538. The second-order valence-corrected chi connectivity index (χ2v) is 4.54. The molecule has 94 valence electrons. The largest absolute Gasteiger partial charge is 0.481 e. The van der Waals surface area contributed by atoms with Gasteiger partial charge in [0.15, 0.2) is 0 Å². The summed E-state index contributed by atoms with van der Waals surface area (Å²) in [4.78, 5) is 15.4. The Bertz CT molecular complexity index is 377. The van der Waals surface area contributed by atoms with E-state index in [2.05, 4.69) is 4.98 Å². The summed E-state index contributed by atoms with van der Waals surface area (Å²) in [7, 11) is 1.55. The summed E-state index contributed by atoms with van der Waals surface area (Å²) < 4.78 is 5.02. The highest BCUT2D eigenvalue weighted by atomic mass is 16.5. The van der Waals surface area contributed by atoms with Crippen LogP contribution in [-0.2, 0) is 11.2 Å². The second kappa shape index (κ2) is 6.23. The van der Waals surface area contributed by atoms with E-state index in [0.717, 1.165) is 5.69 Å². The monoisotopic (exact) mass is 237 g/mol. The Balaban J connectivity index is 2.74. The van der Waals surface area contributed by atoms with Gasteiger partial charge in [0.05, 0.1) is 13.0 Å². The van der Waals surface area contributed by atoms with Gasteiger partial charge in [-0.2, -0.15) is 0 Å². The van der Waals surface area contributed by atoms with Crippen LogP contribution in [-0.4, -0.2) is 23.2 Å². The maximum Gasteiger partial charge on any atom is 0.306 e. The molecule has 0 aliphatic rings. The summed E-state index contributed by atoms with van der Waals surface area (Å²) in [5, 5.41) is 9.15. The van der Waals surface area contributed by atoms with Crippen molar-refractivity contribution in [2.45, 2.75) is 26.7 Å². The van der Waals surface area contributed by atoms with Gasteiger partial charge in [-0.3, -0.25) is 4.79 Å². The van der Waals surface area contributed by atoms with Crippen LogP contribution in [0.5, 0.6) is 5.88 Å². The lowest BCUT2D eigenvalue weighted by atomic mass is 9.93. The SMILES string of the molecule is COc1cccc(CC(CC(C)C)C(=O)O)n1. The highest BCUT2D eigenvalue weighted by Gasteiger charge is 2.20. The Kier molecular flexibility index (Phi) is 4.94. The number of nitrogens with zero attached hydrogens (tertiary/aromatic N) is 1. The Morgan fingerprint density at radius 1 is 1.47 bits per heavy atom. The molecule has 0 aliphatic heterocycles. The van der Waals surface area contributed by atoms with Gasteiger partial charge in [0.2, 0.25) is 5.88 Å². The number of rotatable bonds is 6.